The van der Waals surface area contributed by atoms with Gasteiger partial charge < -0.3 is 5.73 Å². The second-order valence-corrected chi connectivity index (χ2v) is 20.5. The first-order chi connectivity index (χ1) is 25.0. The number of alkyl halides is 4. The largest absolute Gasteiger partial charge is 0.408 e. The van der Waals surface area contributed by atoms with Crippen LogP contribution in [-0.2, 0) is 55.7 Å². The van der Waals surface area contributed by atoms with E-state index < -0.39 is 99.0 Å². The van der Waals surface area contributed by atoms with Crippen LogP contribution in [-0.4, -0.2) is 75.9 Å². The summed E-state index contributed by atoms with van der Waals surface area (Å²) in [6, 6.07) is 1.17. The Morgan fingerprint density at radius 3 is 2.07 bits per heavy atom. The van der Waals surface area contributed by atoms with Crippen molar-refractivity contribution in [3.63, 3.8) is 0 Å². The Hall–Kier alpha value is -3.90. The van der Waals surface area contributed by atoms with Crippen molar-refractivity contribution in [2.45, 2.75) is 69.7 Å². The zero-order valence-electron chi connectivity index (χ0n) is 30.2. The van der Waals surface area contributed by atoms with Gasteiger partial charge in [0.05, 0.1) is 34.8 Å². The molecule has 2 heterocycles. The van der Waals surface area contributed by atoms with Gasteiger partial charge in [-0.25, -0.2) is 43.4 Å². The van der Waals surface area contributed by atoms with Gasteiger partial charge in [-0.3, -0.25) is 4.68 Å². The molecular weight excluding hydrogens is 820 g/mol. The number of allylic oxidation sites excluding steroid dienone is 1. The van der Waals surface area contributed by atoms with Gasteiger partial charge in [0.25, 0.3) is 0 Å². The fraction of sp³-hybridized carbons (Fsp3) is 0.412. The van der Waals surface area contributed by atoms with Crippen LogP contribution in [0.5, 0.6) is 0 Å². The van der Waals surface area contributed by atoms with E-state index in [1.165, 1.54) is 13.8 Å². The third-order valence-electron chi connectivity index (χ3n) is 8.54. The molecule has 0 radical (unpaired) electrons. The molecular formula is C34H36ClF6N5O6S3. The van der Waals surface area contributed by atoms with Crippen molar-refractivity contribution in [1.82, 2.24) is 14.8 Å². The van der Waals surface area contributed by atoms with E-state index in [0.29, 0.717) is 18.6 Å². The van der Waals surface area contributed by atoms with E-state index in [1.54, 1.807) is 0 Å². The predicted octanol–water partition coefficient (Wildman–Crippen LogP) is 3.45. The molecule has 0 amide bonds. The van der Waals surface area contributed by atoms with Gasteiger partial charge in [-0.05, 0) is 61.9 Å². The van der Waals surface area contributed by atoms with Crippen LogP contribution in [0, 0.1) is 23.5 Å². The molecule has 1 aromatic carbocycles. The number of halogens is 7. The zero-order chi connectivity index (χ0) is 41.8. The highest BCUT2D eigenvalue weighted by Gasteiger charge is 2.37. The fourth-order valence-corrected chi connectivity index (χ4v) is 9.30. The van der Waals surface area contributed by atoms with E-state index in [0.717, 1.165) is 31.4 Å². The van der Waals surface area contributed by atoms with E-state index in [-0.39, 0.29) is 60.4 Å². The molecule has 1 aliphatic carbocycles. The molecule has 2 aromatic heterocycles. The van der Waals surface area contributed by atoms with Gasteiger partial charge in [-0.1, -0.05) is 30.2 Å². The number of hydrogen-bond donors (Lipinski definition) is 1. The van der Waals surface area contributed by atoms with Crippen LogP contribution >= 0.6 is 11.6 Å². The molecule has 55 heavy (non-hydrogen) atoms. The quantitative estimate of drug-likeness (QED) is 0.238. The molecule has 21 heteroatoms. The summed E-state index contributed by atoms with van der Waals surface area (Å²) < 4.78 is 162. The fourth-order valence-electron chi connectivity index (χ4n) is 6.04. The van der Waals surface area contributed by atoms with Crippen LogP contribution in [0.4, 0.5) is 32.2 Å². The molecule has 0 spiro atoms. The van der Waals surface area contributed by atoms with Crippen molar-refractivity contribution in [2.24, 2.45) is 5.73 Å². The lowest BCUT2D eigenvalue weighted by Crippen LogP contribution is -2.41. The molecule has 3 aromatic rings. The topological polar surface area (TPSA) is 162 Å². The number of pyridine rings is 1. The van der Waals surface area contributed by atoms with Crippen LogP contribution in [0.25, 0.3) is 10.6 Å². The van der Waals surface area contributed by atoms with Crippen molar-refractivity contribution < 1.29 is 51.6 Å². The molecule has 2 atom stereocenters. The number of sulfone groups is 1. The van der Waals surface area contributed by atoms with Gasteiger partial charge in [0.2, 0.25) is 20.0 Å². The van der Waals surface area contributed by atoms with E-state index in [1.807, 2.05) is 0 Å². The first-order valence-corrected chi connectivity index (χ1v) is 21.9. The molecule has 0 fully saturated rings. The number of nitrogens with two attached hydrogens (primary N) is 1. The van der Waals surface area contributed by atoms with Crippen LogP contribution in [0.2, 0.25) is 0 Å². The van der Waals surface area contributed by atoms with Gasteiger partial charge in [0.15, 0.2) is 15.7 Å². The van der Waals surface area contributed by atoms with Crippen molar-refractivity contribution in [3.05, 3.63) is 86.7 Å². The summed E-state index contributed by atoms with van der Waals surface area (Å²) in [5.74, 6) is 2.37. The SMILES string of the molecule is C=C/C(c1c([C@@H](N)Cc2cc(F)cc(F)c2)nc(C#CC(C)(C)S(C)(=O)=O)c2c1C[C@@H](F)C2)=c1\c(=C(/C)Cl)c(N(S(C)(=O)=O)S(C)(=O)=O)nn1CC(F)(F)F. The molecule has 0 saturated heterocycles. The Balaban J connectivity index is 2.33. The molecule has 2 N–H and O–H groups in total. The Kier molecular flexibility index (Phi) is 12.1. The van der Waals surface area contributed by atoms with Gasteiger partial charge in [0.1, 0.15) is 34.8 Å². The van der Waals surface area contributed by atoms with E-state index >= 15 is 4.39 Å². The van der Waals surface area contributed by atoms with Crippen molar-refractivity contribution in [1.29, 1.82) is 0 Å². The summed E-state index contributed by atoms with van der Waals surface area (Å²) in [5.41, 5.74) is 6.03. The first-order valence-electron chi connectivity index (χ1n) is 16.0. The van der Waals surface area contributed by atoms with Crippen LogP contribution in [0.15, 0.2) is 30.9 Å². The molecule has 0 unspecified atom stereocenters. The van der Waals surface area contributed by atoms with Crippen LogP contribution < -0.4 is 20.0 Å². The standard InChI is InChI=1S/C34H36ClF6N5O6S3/c1-8-23(31-28(18(2)35)32(44-45(31)17-34(39,40)41)46(54(6,49)50)55(7,51)52)29-25-16-22(38)15-24(25)27(9-10-33(3,4)53(5,47)48)43-30(29)26(42)13-19-11-20(36)14-21(37)12-19/h8,11-12,14,22,26H,1,13,15-17,42H2,2-7H3/b28-18-,31-23-/t22-,26-/m0/s1. The normalized spacial score (nSPS) is 16.9. The lowest BCUT2D eigenvalue weighted by Gasteiger charge is -2.22. The maximum absolute atomic E-state index is 15.5. The molecule has 0 aliphatic heterocycles. The number of rotatable bonds is 10. The number of anilines is 1. The maximum Gasteiger partial charge on any atom is 0.408 e. The smallest absolute Gasteiger partial charge is 0.322 e. The lowest BCUT2D eigenvalue weighted by molar-refractivity contribution is -0.143. The summed E-state index contributed by atoms with van der Waals surface area (Å²) in [5, 5.41) is 2.19. The molecule has 0 bridgehead atoms. The van der Waals surface area contributed by atoms with E-state index in [4.69, 9.17) is 17.3 Å². The summed E-state index contributed by atoms with van der Waals surface area (Å²) in [7, 11) is -13.4. The summed E-state index contributed by atoms with van der Waals surface area (Å²) in [4.78, 5) is 4.59. The molecule has 1 aliphatic rings. The van der Waals surface area contributed by atoms with E-state index in [2.05, 4.69) is 28.5 Å². The number of aromatic nitrogens is 3. The Labute approximate surface area is 319 Å². The highest BCUT2D eigenvalue weighted by molar-refractivity contribution is 8.09. The highest BCUT2D eigenvalue weighted by Crippen LogP contribution is 2.37. The minimum atomic E-state index is -5.06. The van der Waals surface area contributed by atoms with Gasteiger partial charge >= 0.3 is 6.18 Å². The minimum Gasteiger partial charge on any atom is -0.322 e. The van der Waals surface area contributed by atoms with Gasteiger partial charge in [-0.2, -0.15) is 18.3 Å². The Morgan fingerprint density at radius 1 is 1.05 bits per heavy atom. The van der Waals surface area contributed by atoms with Crippen LogP contribution in [0.3, 0.4) is 0 Å². The highest BCUT2D eigenvalue weighted by atomic mass is 35.5. The first kappa shape index (κ1) is 43.8. The lowest BCUT2D eigenvalue weighted by atomic mass is 9.89. The average molecular weight is 856 g/mol. The van der Waals surface area contributed by atoms with E-state index in [9.17, 15) is 47.2 Å². The number of hydrogen-bond acceptors (Lipinski definition) is 9. The summed E-state index contributed by atoms with van der Waals surface area (Å²) in [6.45, 7) is 5.61. The zero-order valence-corrected chi connectivity index (χ0v) is 33.4. The minimum absolute atomic E-state index is 0.0135. The average Bonchev–Trinajstić information content (AvgIpc) is 3.53. The van der Waals surface area contributed by atoms with Crippen LogP contribution in [0.1, 0.15) is 60.5 Å². The summed E-state index contributed by atoms with van der Waals surface area (Å²) in [6.07, 6.45) is -4.88. The van der Waals surface area contributed by atoms with Crippen molar-refractivity contribution in [3.8, 4) is 11.8 Å². The number of sulfonamides is 2. The maximum atomic E-state index is 15.5. The number of fused-ring (bicyclic) bond motifs is 1. The Bertz CT molecular complexity index is 2560. The molecule has 0 saturated carbocycles. The van der Waals surface area contributed by atoms with Gasteiger partial charge in [-0.15, -0.1) is 3.71 Å². The molecule has 11 nitrogen and oxygen atoms in total. The second-order valence-electron chi connectivity index (χ2n) is 13.5. The third-order valence-corrected chi connectivity index (χ3v) is 13.9. The number of nitrogens with zero attached hydrogens (tertiary/aromatic N) is 4. The monoisotopic (exact) mass is 855 g/mol. The number of benzene rings is 1. The summed E-state index contributed by atoms with van der Waals surface area (Å²) >= 11 is 6.44. The predicted molar refractivity (Wildman–Crippen MR) is 197 cm³/mol. The Morgan fingerprint density at radius 2 is 1.60 bits per heavy atom. The molecule has 4 rings (SSSR count). The van der Waals surface area contributed by atoms with Crippen molar-refractivity contribution >= 4 is 57.9 Å². The van der Waals surface area contributed by atoms with Crippen molar-refractivity contribution in [2.75, 3.05) is 22.5 Å². The third kappa shape index (κ3) is 9.56. The van der Waals surface area contributed by atoms with Gasteiger partial charge in [0, 0.05) is 41.3 Å². The molecule has 300 valence electrons. The second kappa shape index (κ2) is 15.2.